The van der Waals surface area contributed by atoms with Gasteiger partial charge >= 0.3 is 0 Å². The Balaban J connectivity index is 1.62. The molecule has 6 nitrogen and oxygen atoms in total. The largest absolute Gasteiger partial charge is 0.486 e. The molecule has 0 spiro atoms. The molecule has 3 rings (SSSR count). The van der Waals surface area contributed by atoms with Crippen LogP contribution in [0.2, 0.25) is 0 Å². The molecular weight excluding hydrogens is 344 g/mol. The Kier molecular flexibility index (Phi) is 6.45. The van der Waals surface area contributed by atoms with Gasteiger partial charge in [-0.1, -0.05) is 30.3 Å². The van der Waals surface area contributed by atoms with Crippen LogP contribution in [0.25, 0.3) is 0 Å². The Bertz CT molecular complexity index is 776. The average Bonchev–Trinajstić information content (AvgIpc) is 2.70. The lowest BCUT2D eigenvalue weighted by molar-refractivity contribution is 0.0207. The first-order chi connectivity index (χ1) is 13.1. The minimum Gasteiger partial charge on any atom is -0.486 e. The summed E-state index contributed by atoms with van der Waals surface area (Å²) in [6.07, 6.45) is -0.259. The summed E-state index contributed by atoms with van der Waals surface area (Å²) in [5.41, 5.74) is 2.63. The summed E-state index contributed by atoms with van der Waals surface area (Å²) in [6, 6.07) is 15.3. The number of ether oxygens (including phenoxy) is 2. The smallest absolute Gasteiger partial charge is 0.156 e. The second kappa shape index (κ2) is 8.99. The van der Waals surface area contributed by atoms with Gasteiger partial charge in [0, 0.05) is 25.6 Å². The van der Waals surface area contributed by atoms with Gasteiger partial charge in [-0.3, -0.25) is 0 Å². The number of likely N-dealkylation sites (N-methyl/N-ethyl adjacent to an activating group) is 1. The number of aliphatic hydroxyl groups is 2. The van der Waals surface area contributed by atoms with Crippen molar-refractivity contribution in [2.24, 2.45) is 4.99 Å². The van der Waals surface area contributed by atoms with Crippen LogP contribution in [-0.2, 0) is 11.2 Å². The first kappa shape index (κ1) is 19.4. The van der Waals surface area contributed by atoms with Crippen molar-refractivity contribution < 1.29 is 19.7 Å². The molecule has 1 unspecified atom stereocenters. The fourth-order valence-corrected chi connectivity index (χ4v) is 3.05. The summed E-state index contributed by atoms with van der Waals surface area (Å²) < 4.78 is 11.3. The summed E-state index contributed by atoms with van der Waals surface area (Å²) in [7, 11) is 1.80. The van der Waals surface area contributed by atoms with Crippen molar-refractivity contribution in [2.75, 3.05) is 26.9 Å². The van der Waals surface area contributed by atoms with Crippen molar-refractivity contribution >= 4 is 11.5 Å². The molecule has 1 aliphatic heterocycles. The fraction of sp³-hybridized carbons (Fsp3) is 0.381. The van der Waals surface area contributed by atoms with Gasteiger partial charge in [-0.2, -0.15) is 0 Å². The molecule has 1 heterocycles. The van der Waals surface area contributed by atoms with Crippen LogP contribution in [0.15, 0.2) is 53.5 Å². The SMILES string of the molecule is CCO[C@H](CO)Cc1ccc(OCC2=Nc3ccccc3C(O)N2C)cc1. The summed E-state index contributed by atoms with van der Waals surface area (Å²) in [5, 5.41) is 19.8. The highest BCUT2D eigenvalue weighted by Crippen LogP contribution is 2.32. The van der Waals surface area contributed by atoms with E-state index in [9.17, 15) is 10.2 Å². The summed E-state index contributed by atoms with van der Waals surface area (Å²) >= 11 is 0. The van der Waals surface area contributed by atoms with Crippen LogP contribution < -0.4 is 4.74 Å². The van der Waals surface area contributed by atoms with E-state index in [0.29, 0.717) is 18.9 Å². The molecule has 0 saturated heterocycles. The van der Waals surface area contributed by atoms with Crippen LogP contribution in [-0.4, -0.2) is 53.9 Å². The number of rotatable bonds is 8. The third-order valence-electron chi connectivity index (χ3n) is 4.60. The quantitative estimate of drug-likeness (QED) is 0.747. The molecule has 2 N–H and O–H groups in total. The van der Waals surface area contributed by atoms with E-state index in [0.717, 1.165) is 22.6 Å². The lowest BCUT2D eigenvalue weighted by Gasteiger charge is -2.31. The van der Waals surface area contributed by atoms with Crippen LogP contribution in [0.4, 0.5) is 5.69 Å². The predicted octanol–water partition coefficient (Wildman–Crippen LogP) is 2.67. The van der Waals surface area contributed by atoms with Gasteiger partial charge in [-0.05, 0) is 30.7 Å². The molecule has 27 heavy (non-hydrogen) atoms. The van der Waals surface area contributed by atoms with E-state index in [1.54, 1.807) is 11.9 Å². The molecule has 0 radical (unpaired) electrons. The lowest BCUT2D eigenvalue weighted by atomic mass is 10.1. The van der Waals surface area contributed by atoms with Crippen molar-refractivity contribution in [3.05, 3.63) is 59.7 Å². The van der Waals surface area contributed by atoms with Crippen molar-refractivity contribution in [3.8, 4) is 5.75 Å². The molecule has 1 aliphatic rings. The summed E-state index contributed by atoms with van der Waals surface area (Å²) in [6.45, 7) is 2.76. The Labute approximate surface area is 159 Å². The minimum absolute atomic E-state index is 0.00203. The van der Waals surface area contributed by atoms with Crippen LogP contribution in [0.5, 0.6) is 5.75 Å². The van der Waals surface area contributed by atoms with E-state index >= 15 is 0 Å². The van der Waals surface area contributed by atoms with Crippen molar-refractivity contribution in [2.45, 2.75) is 25.7 Å². The van der Waals surface area contributed by atoms with Crippen molar-refractivity contribution in [1.82, 2.24) is 4.90 Å². The number of benzene rings is 2. The molecule has 0 saturated carbocycles. The van der Waals surface area contributed by atoms with Gasteiger partial charge in [0.25, 0.3) is 0 Å². The van der Waals surface area contributed by atoms with Crippen molar-refractivity contribution in [3.63, 3.8) is 0 Å². The average molecular weight is 370 g/mol. The highest BCUT2D eigenvalue weighted by Gasteiger charge is 2.25. The zero-order valence-corrected chi connectivity index (χ0v) is 15.7. The maximum atomic E-state index is 10.4. The van der Waals surface area contributed by atoms with Gasteiger partial charge in [-0.15, -0.1) is 0 Å². The number of fused-ring (bicyclic) bond motifs is 1. The zero-order chi connectivity index (χ0) is 19.2. The standard InChI is InChI=1S/C21H26N2O4/c1-3-26-17(13-24)12-15-8-10-16(11-9-15)27-14-20-22-19-7-5-4-6-18(19)21(25)23(20)2/h4-11,17,21,24-25H,3,12-14H2,1-2H3/t17-,21?/m0/s1. The van der Waals surface area contributed by atoms with Gasteiger partial charge in [0.1, 0.15) is 18.2 Å². The molecule has 6 heteroatoms. The predicted molar refractivity (Wildman–Crippen MR) is 104 cm³/mol. The first-order valence-electron chi connectivity index (χ1n) is 9.14. The molecule has 0 aliphatic carbocycles. The summed E-state index contributed by atoms with van der Waals surface area (Å²) in [5.74, 6) is 1.39. The van der Waals surface area contributed by atoms with Crippen LogP contribution in [0.3, 0.4) is 0 Å². The maximum Gasteiger partial charge on any atom is 0.156 e. The first-order valence-corrected chi connectivity index (χ1v) is 9.14. The van der Waals surface area contributed by atoms with Crippen LogP contribution >= 0.6 is 0 Å². The molecule has 0 bridgehead atoms. The second-order valence-corrected chi connectivity index (χ2v) is 6.47. The molecule has 0 amide bonds. The van der Waals surface area contributed by atoms with Gasteiger partial charge in [0.05, 0.1) is 18.4 Å². The van der Waals surface area contributed by atoms with Crippen LogP contribution in [0.1, 0.15) is 24.3 Å². The van der Waals surface area contributed by atoms with Crippen molar-refractivity contribution in [1.29, 1.82) is 0 Å². The van der Waals surface area contributed by atoms with E-state index in [2.05, 4.69) is 4.99 Å². The summed E-state index contributed by atoms with van der Waals surface area (Å²) in [4.78, 5) is 6.31. The monoisotopic (exact) mass is 370 g/mol. The number of para-hydroxylation sites is 1. The normalized spacial score (nSPS) is 17.3. The van der Waals surface area contributed by atoms with Gasteiger partial charge in [0.15, 0.2) is 6.23 Å². The Morgan fingerprint density at radius 2 is 1.89 bits per heavy atom. The van der Waals surface area contributed by atoms with Crippen LogP contribution in [0, 0.1) is 0 Å². The molecule has 144 valence electrons. The highest BCUT2D eigenvalue weighted by molar-refractivity contribution is 5.88. The zero-order valence-electron chi connectivity index (χ0n) is 15.7. The number of amidine groups is 1. The fourth-order valence-electron chi connectivity index (χ4n) is 3.05. The van der Waals surface area contributed by atoms with E-state index in [1.807, 2.05) is 55.5 Å². The number of aliphatic hydroxyl groups excluding tert-OH is 2. The Morgan fingerprint density at radius 1 is 1.15 bits per heavy atom. The number of hydrogen-bond acceptors (Lipinski definition) is 6. The van der Waals surface area contributed by atoms with E-state index in [4.69, 9.17) is 9.47 Å². The Morgan fingerprint density at radius 3 is 2.59 bits per heavy atom. The number of nitrogens with zero attached hydrogens (tertiary/aromatic N) is 2. The third-order valence-corrected chi connectivity index (χ3v) is 4.60. The highest BCUT2D eigenvalue weighted by atomic mass is 16.5. The molecular formula is C21H26N2O4. The molecule has 2 aromatic rings. The number of hydrogen-bond donors (Lipinski definition) is 2. The third kappa shape index (κ3) is 4.66. The van der Waals surface area contributed by atoms with Gasteiger partial charge < -0.3 is 24.6 Å². The molecule has 2 aromatic carbocycles. The van der Waals surface area contributed by atoms with E-state index < -0.39 is 6.23 Å². The minimum atomic E-state index is -0.728. The van der Waals surface area contributed by atoms with Gasteiger partial charge in [-0.25, -0.2) is 4.99 Å². The Hall–Kier alpha value is -2.41. The molecule has 2 atom stereocenters. The maximum absolute atomic E-state index is 10.4. The van der Waals surface area contributed by atoms with Gasteiger partial charge in [0.2, 0.25) is 0 Å². The molecule has 0 fully saturated rings. The van der Waals surface area contributed by atoms with E-state index in [1.165, 1.54) is 0 Å². The lowest BCUT2D eigenvalue weighted by Crippen LogP contribution is -2.37. The second-order valence-electron chi connectivity index (χ2n) is 6.47. The molecule has 0 aromatic heterocycles. The topological polar surface area (TPSA) is 74.5 Å². The number of aliphatic imine (C=N–C) groups is 1. The van der Waals surface area contributed by atoms with E-state index in [-0.39, 0.29) is 19.3 Å².